The summed E-state index contributed by atoms with van der Waals surface area (Å²) in [6.45, 7) is 1.74. The van der Waals surface area contributed by atoms with Crippen LogP contribution in [0.4, 0.5) is 0 Å². The van der Waals surface area contributed by atoms with Crippen LogP contribution < -0.4 is 0 Å². The topological polar surface area (TPSA) is 9.23 Å². The molecular formula is C9H11BrOS. The molecule has 1 aliphatic rings. The molecule has 2 rings (SSSR count). The Bertz CT molecular complexity index is 255. The van der Waals surface area contributed by atoms with E-state index in [2.05, 4.69) is 28.1 Å². The van der Waals surface area contributed by atoms with E-state index in [1.54, 1.807) is 11.3 Å². The number of rotatable bonds is 4. The second-order valence-corrected chi connectivity index (χ2v) is 5.71. The molecule has 1 heterocycles. The Morgan fingerprint density at radius 1 is 1.50 bits per heavy atom. The number of thiophene rings is 1. The fraction of sp³-hybridized carbons (Fsp3) is 0.556. The van der Waals surface area contributed by atoms with Gasteiger partial charge in [0.25, 0.3) is 0 Å². The minimum Gasteiger partial charge on any atom is -0.376 e. The number of ether oxygens (including phenoxy) is 1. The Kier molecular flexibility index (Phi) is 2.84. The van der Waals surface area contributed by atoms with Crippen molar-refractivity contribution in [3.63, 3.8) is 0 Å². The van der Waals surface area contributed by atoms with Crippen LogP contribution in [0.1, 0.15) is 17.7 Å². The largest absolute Gasteiger partial charge is 0.376 e. The fourth-order valence-electron chi connectivity index (χ4n) is 1.04. The van der Waals surface area contributed by atoms with E-state index in [1.807, 2.05) is 0 Å². The van der Waals surface area contributed by atoms with Crippen LogP contribution in [0.25, 0.3) is 0 Å². The van der Waals surface area contributed by atoms with E-state index >= 15 is 0 Å². The lowest BCUT2D eigenvalue weighted by atomic mass is 10.4. The van der Waals surface area contributed by atoms with Crippen molar-refractivity contribution in [2.45, 2.75) is 19.4 Å². The van der Waals surface area contributed by atoms with Crippen LogP contribution in [0.3, 0.4) is 0 Å². The summed E-state index contributed by atoms with van der Waals surface area (Å²) >= 11 is 5.18. The average Bonchev–Trinajstić information content (AvgIpc) is 2.76. The quantitative estimate of drug-likeness (QED) is 0.791. The summed E-state index contributed by atoms with van der Waals surface area (Å²) in [5, 5.41) is 0. The minimum atomic E-state index is 0.784. The van der Waals surface area contributed by atoms with Gasteiger partial charge in [0.2, 0.25) is 0 Å². The number of halogens is 1. The minimum absolute atomic E-state index is 0.784. The monoisotopic (exact) mass is 246 g/mol. The third-order valence-corrected chi connectivity index (χ3v) is 3.52. The van der Waals surface area contributed by atoms with Crippen molar-refractivity contribution in [3.05, 3.63) is 20.8 Å². The highest BCUT2D eigenvalue weighted by Gasteiger charge is 2.21. The predicted octanol–water partition coefficient (Wildman–Crippen LogP) is 3.44. The van der Waals surface area contributed by atoms with Crippen molar-refractivity contribution < 1.29 is 4.74 Å². The van der Waals surface area contributed by atoms with Gasteiger partial charge in [-0.2, -0.15) is 0 Å². The molecule has 0 bridgehead atoms. The van der Waals surface area contributed by atoms with Gasteiger partial charge in [0, 0.05) is 11.5 Å². The molecule has 0 radical (unpaired) electrons. The molecule has 0 aliphatic heterocycles. The maximum absolute atomic E-state index is 5.55. The third kappa shape index (κ3) is 2.57. The van der Waals surface area contributed by atoms with Crippen molar-refractivity contribution in [2.24, 2.45) is 5.92 Å². The zero-order chi connectivity index (χ0) is 8.39. The van der Waals surface area contributed by atoms with Gasteiger partial charge in [0.15, 0.2) is 0 Å². The van der Waals surface area contributed by atoms with Gasteiger partial charge < -0.3 is 4.74 Å². The summed E-state index contributed by atoms with van der Waals surface area (Å²) < 4.78 is 6.73. The van der Waals surface area contributed by atoms with E-state index in [-0.39, 0.29) is 0 Å². The number of hydrogen-bond donors (Lipinski definition) is 0. The molecule has 0 unspecified atom stereocenters. The van der Waals surface area contributed by atoms with E-state index in [9.17, 15) is 0 Å². The standard InChI is InChI=1S/C9H11BrOS/c10-9-4-3-8(12-9)6-11-5-7-1-2-7/h3-4,7H,1-2,5-6H2. The molecule has 1 fully saturated rings. The molecule has 0 spiro atoms. The van der Waals surface area contributed by atoms with E-state index in [0.717, 1.165) is 19.1 Å². The van der Waals surface area contributed by atoms with Crippen molar-refractivity contribution >= 4 is 27.3 Å². The molecule has 1 aromatic rings. The lowest BCUT2D eigenvalue weighted by molar-refractivity contribution is 0.113. The van der Waals surface area contributed by atoms with E-state index in [0.29, 0.717) is 0 Å². The summed E-state index contributed by atoms with van der Waals surface area (Å²) in [7, 11) is 0. The van der Waals surface area contributed by atoms with Gasteiger partial charge >= 0.3 is 0 Å². The molecule has 1 nitrogen and oxygen atoms in total. The SMILES string of the molecule is Brc1ccc(COCC2CC2)s1. The van der Waals surface area contributed by atoms with Crippen LogP contribution in [0.5, 0.6) is 0 Å². The second-order valence-electron chi connectivity index (χ2n) is 3.16. The van der Waals surface area contributed by atoms with Crippen molar-refractivity contribution in [3.8, 4) is 0 Å². The molecule has 0 saturated heterocycles. The number of hydrogen-bond acceptors (Lipinski definition) is 2. The predicted molar refractivity (Wildman–Crippen MR) is 54.4 cm³/mol. The Morgan fingerprint density at radius 2 is 2.33 bits per heavy atom. The highest BCUT2D eigenvalue weighted by Crippen LogP contribution is 2.29. The molecule has 1 aromatic heterocycles. The first-order valence-corrected chi connectivity index (χ1v) is 5.77. The van der Waals surface area contributed by atoms with Crippen molar-refractivity contribution in [1.82, 2.24) is 0 Å². The zero-order valence-corrected chi connectivity index (χ0v) is 9.16. The molecule has 3 heteroatoms. The molecule has 1 aliphatic carbocycles. The lowest BCUT2D eigenvalue weighted by Crippen LogP contribution is -1.94. The van der Waals surface area contributed by atoms with E-state index in [4.69, 9.17) is 4.74 Å². The third-order valence-electron chi connectivity index (χ3n) is 1.92. The Morgan fingerprint density at radius 3 is 2.92 bits per heavy atom. The summed E-state index contributed by atoms with van der Waals surface area (Å²) in [5.41, 5.74) is 0. The van der Waals surface area contributed by atoms with Gasteiger partial charge in [-0.15, -0.1) is 11.3 Å². The lowest BCUT2D eigenvalue weighted by Gasteiger charge is -1.98. The molecule has 0 aromatic carbocycles. The van der Waals surface area contributed by atoms with Gasteiger partial charge in [-0.1, -0.05) is 0 Å². The average molecular weight is 247 g/mol. The van der Waals surface area contributed by atoms with Gasteiger partial charge in [-0.3, -0.25) is 0 Å². The maximum atomic E-state index is 5.55. The fourth-order valence-corrected chi connectivity index (χ4v) is 2.46. The van der Waals surface area contributed by atoms with Crippen LogP contribution >= 0.6 is 27.3 Å². The maximum Gasteiger partial charge on any atom is 0.0809 e. The van der Waals surface area contributed by atoms with Crippen LogP contribution in [-0.4, -0.2) is 6.61 Å². The molecule has 1 saturated carbocycles. The summed E-state index contributed by atoms with van der Waals surface area (Å²) in [6.07, 6.45) is 2.74. The Hall–Kier alpha value is 0.140. The zero-order valence-electron chi connectivity index (χ0n) is 6.75. The van der Waals surface area contributed by atoms with Crippen molar-refractivity contribution in [1.29, 1.82) is 0 Å². The highest BCUT2D eigenvalue weighted by atomic mass is 79.9. The van der Waals surface area contributed by atoms with E-state index in [1.165, 1.54) is 21.5 Å². The molecule has 0 N–H and O–H groups in total. The first-order valence-electron chi connectivity index (χ1n) is 4.16. The summed E-state index contributed by atoms with van der Waals surface area (Å²) in [6, 6.07) is 4.18. The molecule has 0 atom stereocenters. The van der Waals surface area contributed by atoms with Crippen molar-refractivity contribution in [2.75, 3.05) is 6.61 Å². The Balaban J connectivity index is 1.71. The van der Waals surface area contributed by atoms with Gasteiger partial charge in [-0.05, 0) is 46.8 Å². The van der Waals surface area contributed by atoms with Crippen LogP contribution in [0, 0.1) is 5.92 Å². The molecule has 66 valence electrons. The first-order chi connectivity index (χ1) is 5.84. The van der Waals surface area contributed by atoms with Crippen LogP contribution in [-0.2, 0) is 11.3 Å². The van der Waals surface area contributed by atoms with Gasteiger partial charge in [0.1, 0.15) is 0 Å². The summed E-state index contributed by atoms with van der Waals surface area (Å²) in [4.78, 5) is 1.31. The normalized spacial score (nSPS) is 16.8. The van der Waals surface area contributed by atoms with E-state index < -0.39 is 0 Å². The molecule has 12 heavy (non-hydrogen) atoms. The van der Waals surface area contributed by atoms with Gasteiger partial charge in [0.05, 0.1) is 10.4 Å². The molecule has 0 amide bonds. The second kappa shape index (κ2) is 3.90. The molecular weight excluding hydrogens is 236 g/mol. The highest BCUT2D eigenvalue weighted by molar-refractivity contribution is 9.11. The smallest absolute Gasteiger partial charge is 0.0809 e. The summed E-state index contributed by atoms with van der Waals surface area (Å²) in [5.74, 6) is 0.869. The first kappa shape index (κ1) is 8.73. The van der Waals surface area contributed by atoms with Crippen LogP contribution in [0.15, 0.2) is 15.9 Å². The van der Waals surface area contributed by atoms with Gasteiger partial charge in [-0.25, -0.2) is 0 Å². The van der Waals surface area contributed by atoms with Crippen LogP contribution in [0.2, 0.25) is 0 Å². The Labute approximate surface area is 84.9 Å².